The SMILES string of the molecule is O=S(=O)(ON1CCc2ccccc21)c1cc(Cl)cc(Cl)c1. The number of hydrogen-bond donors (Lipinski definition) is 0. The lowest BCUT2D eigenvalue weighted by molar-refractivity contribution is 0.292. The maximum atomic E-state index is 12.3. The molecule has 110 valence electrons. The molecular formula is C14H11Cl2NO3S. The highest BCUT2D eigenvalue weighted by atomic mass is 35.5. The van der Waals surface area contributed by atoms with E-state index in [0.717, 1.165) is 17.7 Å². The van der Waals surface area contributed by atoms with Crippen molar-refractivity contribution in [3.05, 3.63) is 58.1 Å². The molecule has 1 aliphatic heterocycles. The summed E-state index contributed by atoms with van der Waals surface area (Å²) in [5.41, 5.74) is 1.81. The molecule has 0 aromatic heterocycles. The lowest BCUT2D eigenvalue weighted by Gasteiger charge is -2.18. The van der Waals surface area contributed by atoms with Gasteiger partial charge < -0.3 is 0 Å². The first-order chi connectivity index (χ1) is 9.95. The Morgan fingerprint density at radius 1 is 1.05 bits per heavy atom. The van der Waals surface area contributed by atoms with Crippen molar-refractivity contribution in [2.24, 2.45) is 0 Å². The molecule has 0 atom stereocenters. The van der Waals surface area contributed by atoms with E-state index >= 15 is 0 Å². The van der Waals surface area contributed by atoms with E-state index in [0.29, 0.717) is 6.54 Å². The quantitative estimate of drug-likeness (QED) is 0.852. The molecule has 0 amide bonds. The first-order valence-corrected chi connectivity index (χ1v) is 8.38. The number of benzene rings is 2. The number of halogens is 2. The average Bonchev–Trinajstić information content (AvgIpc) is 2.81. The predicted octanol–water partition coefficient (Wildman–Crippen LogP) is 3.68. The Labute approximate surface area is 132 Å². The highest BCUT2D eigenvalue weighted by Crippen LogP contribution is 2.30. The van der Waals surface area contributed by atoms with Crippen LogP contribution in [0.15, 0.2) is 47.4 Å². The molecule has 2 aromatic carbocycles. The molecule has 2 aromatic rings. The van der Waals surface area contributed by atoms with E-state index in [1.165, 1.54) is 23.3 Å². The monoisotopic (exact) mass is 343 g/mol. The summed E-state index contributed by atoms with van der Waals surface area (Å²) in [5.74, 6) is 0. The second kappa shape index (κ2) is 5.50. The molecule has 4 nitrogen and oxygen atoms in total. The van der Waals surface area contributed by atoms with Crippen molar-refractivity contribution in [2.75, 3.05) is 11.6 Å². The van der Waals surface area contributed by atoms with Gasteiger partial charge in [-0.3, -0.25) is 0 Å². The molecule has 0 saturated carbocycles. The molecule has 3 rings (SSSR count). The number of hydroxylamine groups is 1. The number of anilines is 1. The van der Waals surface area contributed by atoms with Crippen LogP contribution in [0.3, 0.4) is 0 Å². The lowest BCUT2D eigenvalue weighted by Crippen LogP contribution is -2.25. The fraction of sp³-hybridized carbons (Fsp3) is 0.143. The minimum atomic E-state index is -3.97. The van der Waals surface area contributed by atoms with Crippen LogP contribution in [0, 0.1) is 0 Å². The largest absolute Gasteiger partial charge is 0.317 e. The summed E-state index contributed by atoms with van der Waals surface area (Å²) in [6, 6.07) is 11.6. The first kappa shape index (κ1) is 14.7. The van der Waals surface area contributed by atoms with Gasteiger partial charge in [0.05, 0.1) is 17.1 Å². The van der Waals surface area contributed by atoms with Crippen molar-refractivity contribution in [2.45, 2.75) is 11.3 Å². The van der Waals surface area contributed by atoms with Crippen LogP contribution in [0.2, 0.25) is 10.0 Å². The molecule has 0 radical (unpaired) electrons. The summed E-state index contributed by atoms with van der Waals surface area (Å²) in [6.45, 7) is 0.479. The van der Waals surface area contributed by atoms with Gasteiger partial charge in [0.2, 0.25) is 0 Å². The lowest BCUT2D eigenvalue weighted by atomic mass is 10.2. The van der Waals surface area contributed by atoms with Gasteiger partial charge in [-0.15, -0.1) is 4.28 Å². The van der Waals surface area contributed by atoms with Crippen LogP contribution in [-0.4, -0.2) is 15.0 Å². The van der Waals surface area contributed by atoms with Gasteiger partial charge >= 0.3 is 10.1 Å². The van der Waals surface area contributed by atoms with Crippen molar-refractivity contribution >= 4 is 39.0 Å². The summed E-state index contributed by atoms with van der Waals surface area (Å²) in [7, 11) is -3.97. The van der Waals surface area contributed by atoms with Crippen molar-refractivity contribution in [3.63, 3.8) is 0 Å². The van der Waals surface area contributed by atoms with Crippen LogP contribution >= 0.6 is 23.2 Å². The predicted molar refractivity (Wildman–Crippen MR) is 82.2 cm³/mol. The minimum Gasteiger partial charge on any atom is -0.236 e. The Bertz CT molecular complexity index is 772. The van der Waals surface area contributed by atoms with E-state index in [9.17, 15) is 8.42 Å². The minimum absolute atomic E-state index is 0.0654. The fourth-order valence-electron chi connectivity index (χ4n) is 2.22. The number of hydrogen-bond acceptors (Lipinski definition) is 4. The maximum Gasteiger partial charge on any atom is 0.317 e. The van der Waals surface area contributed by atoms with Crippen LogP contribution in [0.25, 0.3) is 0 Å². The van der Waals surface area contributed by atoms with Gasteiger partial charge in [-0.25, -0.2) is 5.06 Å². The third-order valence-corrected chi connectivity index (χ3v) is 4.78. The first-order valence-electron chi connectivity index (χ1n) is 6.22. The zero-order valence-corrected chi connectivity index (χ0v) is 13.1. The Kier molecular flexibility index (Phi) is 3.84. The Balaban J connectivity index is 1.91. The molecule has 0 N–H and O–H groups in total. The second-order valence-electron chi connectivity index (χ2n) is 4.61. The zero-order chi connectivity index (χ0) is 15.0. The molecule has 7 heteroatoms. The average molecular weight is 344 g/mol. The standard InChI is InChI=1S/C14H11Cl2NO3S/c15-11-7-12(16)9-13(8-11)21(18,19)20-17-6-5-10-3-1-2-4-14(10)17/h1-4,7-9H,5-6H2. The number of para-hydroxylation sites is 1. The molecule has 0 saturated heterocycles. The normalized spacial score (nSPS) is 14.3. The summed E-state index contributed by atoms with van der Waals surface area (Å²) < 4.78 is 29.9. The Morgan fingerprint density at radius 3 is 2.43 bits per heavy atom. The van der Waals surface area contributed by atoms with E-state index in [4.69, 9.17) is 27.5 Å². The number of nitrogens with zero attached hydrogens (tertiary/aromatic N) is 1. The summed E-state index contributed by atoms with van der Waals surface area (Å²) in [4.78, 5) is -0.0654. The molecule has 1 heterocycles. The molecular weight excluding hydrogens is 333 g/mol. The number of rotatable bonds is 3. The third kappa shape index (κ3) is 3.01. The van der Waals surface area contributed by atoms with Crippen molar-refractivity contribution in [1.29, 1.82) is 0 Å². The molecule has 0 unspecified atom stereocenters. The molecule has 21 heavy (non-hydrogen) atoms. The van der Waals surface area contributed by atoms with Crippen LogP contribution in [0.5, 0.6) is 0 Å². The van der Waals surface area contributed by atoms with Crippen LogP contribution in [0.4, 0.5) is 5.69 Å². The highest BCUT2D eigenvalue weighted by molar-refractivity contribution is 7.86. The van der Waals surface area contributed by atoms with E-state index in [1.54, 1.807) is 0 Å². The van der Waals surface area contributed by atoms with Gasteiger partial charge in [0, 0.05) is 10.0 Å². The van der Waals surface area contributed by atoms with E-state index in [-0.39, 0.29) is 14.9 Å². The van der Waals surface area contributed by atoms with Gasteiger partial charge in [-0.05, 0) is 36.2 Å². The topological polar surface area (TPSA) is 46.6 Å². The van der Waals surface area contributed by atoms with Gasteiger partial charge in [-0.1, -0.05) is 41.4 Å². The van der Waals surface area contributed by atoms with Gasteiger partial charge in [0.25, 0.3) is 0 Å². The molecule has 0 fully saturated rings. The zero-order valence-electron chi connectivity index (χ0n) is 10.8. The summed E-state index contributed by atoms with van der Waals surface area (Å²) in [6.07, 6.45) is 0.738. The smallest absolute Gasteiger partial charge is 0.236 e. The van der Waals surface area contributed by atoms with Crippen molar-refractivity contribution in [1.82, 2.24) is 0 Å². The van der Waals surface area contributed by atoms with Gasteiger partial charge in [-0.2, -0.15) is 8.42 Å². The molecule has 1 aliphatic rings. The fourth-order valence-corrected chi connectivity index (χ4v) is 3.90. The highest BCUT2D eigenvalue weighted by Gasteiger charge is 2.26. The maximum absolute atomic E-state index is 12.3. The van der Waals surface area contributed by atoms with Crippen LogP contribution < -0.4 is 5.06 Å². The number of fused-ring (bicyclic) bond motifs is 1. The van der Waals surface area contributed by atoms with E-state index in [1.807, 2.05) is 24.3 Å². The summed E-state index contributed by atoms with van der Waals surface area (Å²) in [5, 5.41) is 1.86. The second-order valence-corrected chi connectivity index (χ2v) is 7.02. The van der Waals surface area contributed by atoms with E-state index < -0.39 is 10.1 Å². The Morgan fingerprint density at radius 2 is 1.71 bits per heavy atom. The third-order valence-electron chi connectivity index (χ3n) is 3.16. The Hall–Kier alpha value is -1.27. The molecule has 0 spiro atoms. The van der Waals surface area contributed by atoms with Gasteiger partial charge in [0.15, 0.2) is 0 Å². The molecule has 0 bridgehead atoms. The van der Waals surface area contributed by atoms with Gasteiger partial charge in [0.1, 0.15) is 0 Å². The molecule has 0 aliphatic carbocycles. The van der Waals surface area contributed by atoms with Crippen molar-refractivity contribution in [3.8, 4) is 0 Å². The van der Waals surface area contributed by atoms with Crippen LogP contribution in [-0.2, 0) is 20.8 Å². The van der Waals surface area contributed by atoms with Crippen LogP contribution in [0.1, 0.15) is 5.56 Å². The van der Waals surface area contributed by atoms with E-state index in [2.05, 4.69) is 0 Å². The van der Waals surface area contributed by atoms with Crippen molar-refractivity contribution < 1.29 is 12.7 Å². The summed E-state index contributed by atoms with van der Waals surface area (Å²) >= 11 is 11.7.